The summed E-state index contributed by atoms with van der Waals surface area (Å²) < 4.78 is 7.23. The van der Waals surface area contributed by atoms with E-state index in [0.29, 0.717) is 12.5 Å². The number of methoxy groups -OCH3 is 1. The first-order chi connectivity index (χ1) is 9.03. The van der Waals surface area contributed by atoms with Gasteiger partial charge >= 0.3 is 0 Å². The largest absolute Gasteiger partial charge is 0.373 e. The number of carbonyl (C=O) groups is 1. The molecule has 0 aliphatic heterocycles. The Balaban J connectivity index is 2.70. The molecule has 1 rings (SSSR count). The summed E-state index contributed by atoms with van der Waals surface area (Å²) in [5.74, 6) is 0.297. The van der Waals surface area contributed by atoms with Crippen LogP contribution in [0.5, 0.6) is 0 Å². The molecule has 0 bridgehead atoms. The van der Waals surface area contributed by atoms with E-state index in [2.05, 4.69) is 18.9 Å². The molecule has 0 radical (unpaired) electrons. The smallest absolute Gasteiger partial charge is 0.167 e. The van der Waals surface area contributed by atoms with Crippen molar-refractivity contribution in [3.05, 3.63) is 18.0 Å². The average molecular weight is 266 g/mol. The zero-order valence-corrected chi connectivity index (χ0v) is 12.7. The fourth-order valence-corrected chi connectivity index (χ4v) is 2.39. The lowest BCUT2D eigenvalue weighted by molar-refractivity contribution is -0.130. The number of rotatable bonds is 8. The summed E-state index contributed by atoms with van der Waals surface area (Å²) in [4.78, 5) is 12.1. The molecule has 0 N–H and O–H groups in total. The first kappa shape index (κ1) is 15.9. The highest BCUT2D eigenvalue weighted by Crippen LogP contribution is 2.15. The van der Waals surface area contributed by atoms with E-state index in [0.717, 1.165) is 18.5 Å². The molecule has 1 aromatic rings. The molecule has 0 saturated carbocycles. The Morgan fingerprint density at radius 2 is 2.00 bits per heavy atom. The van der Waals surface area contributed by atoms with Crippen LogP contribution in [0.15, 0.2) is 12.3 Å². The number of hydrogen-bond acceptors (Lipinski definition) is 3. The maximum atomic E-state index is 12.1. The lowest BCUT2D eigenvalue weighted by Crippen LogP contribution is -2.30. The summed E-state index contributed by atoms with van der Waals surface area (Å²) in [5, 5.41) is 4.51. The number of nitrogens with zero attached hydrogens (tertiary/aromatic N) is 2. The lowest BCUT2D eigenvalue weighted by Gasteiger charge is -2.17. The van der Waals surface area contributed by atoms with Crippen molar-refractivity contribution in [1.82, 2.24) is 9.78 Å². The number of hydrogen-bond donors (Lipinski definition) is 0. The van der Waals surface area contributed by atoms with Gasteiger partial charge in [-0.2, -0.15) is 5.10 Å². The molecule has 0 aliphatic carbocycles. The van der Waals surface area contributed by atoms with Gasteiger partial charge in [-0.15, -0.1) is 0 Å². The number of aromatic nitrogens is 2. The summed E-state index contributed by atoms with van der Waals surface area (Å²) in [6, 6.07) is 2.36. The Morgan fingerprint density at radius 1 is 1.37 bits per heavy atom. The van der Waals surface area contributed by atoms with Crippen molar-refractivity contribution in [2.75, 3.05) is 7.11 Å². The number of ether oxygens (including phenoxy) is 1. The van der Waals surface area contributed by atoms with E-state index in [4.69, 9.17) is 4.74 Å². The van der Waals surface area contributed by atoms with Crippen molar-refractivity contribution < 1.29 is 9.53 Å². The summed E-state index contributed by atoms with van der Waals surface area (Å²) in [6.07, 6.45) is 4.09. The van der Waals surface area contributed by atoms with Crippen LogP contribution >= 0.6 is 0 Å². The molecule has 0 spiro atoms. The first-order valence-electron chi connectivity index (χ1n) is 7.12. The molecule has 0 aromatic carbocycles. The third-order valence-corrected chi connectivity index (χ3v) is 3.51. The highest BCUT2D eigenvalue weighted by Gasteiger charge is 2.22. The van der Waals surface area contributed by atoms with Crippen LogP contribution < -0.4 is 0 Å². The fraction of sp³-hybridized carbons (Fsp3) is 0.733. The Bertz CT molecular complexity index is 395. The summed E-state index contributed by atoms with van der Waals surface area (Å²) in [5.41, 5.74) is 0.833. The number of carbonyl (C=O) groups excluding carboxylic acids is 1. The summed E-state index contributed by atoms with van der Waals surface area (Å²) >= 11 is 0. The van der Waals surface area contributed by atoms with Gasteiger partial charge in [0.25, 0.3) is 0 Å². The SMILES string of the molecule is CCC(CC)n1ccc(CC(=O)C(OC)C(C)C)n1. The van der Waals surface area contributed by atoms with Crippen LogP contribution in [0.4, 0.5) is 0 Å². The van der Waals surface area contributed by atoms with Crippen LogP contribution in [0.2, 0.25) is 0 Å². The molecular formula is C15H26N2O2. The molecule has 108 valence electrons. The molecule has 4 nitrogen and oxygen atoms in total. The standard InChI is InChI=1S/C15H26N2O2/c1-6-13(7-2)17-9-8-12(16-17)10-14(18)15(19-5)11(3)4/h8-9,11,13,15H,6-7,10H2,1-5H3. The normalized spacial score (nSPS) is 13.2. The van der Waals surface area contributed by atoms with Gasteiger partial charge in [0.1, 0.15) is 6.10 Å². The van der Waals surface area contributed by atoms with E-state index >= 15 is 0 Å². The van der Waals surface area contributed by atoms with Crippen molar-refractivity contribution in [2.45, 2.75) is 59.1 Å². The van der Waals surface area contributed by atoms with E-state index in [1.165, 1.54) is 0 Å². The van der Waals surface area contributed by atoms with Gasteiger partial charge in [0.2, 0.25) is 0 Å². The van der Waals surface area contributed by atoms with Crippen molar-refractivity contribution in [3.63, 3.8) is 0 Å². The Morgan fingerprint density at radius 3 is 2.47 bits per heavy atom. The Kier molecular flexibility index (Phi) is 6.22. The number of ketones is 1. The Hall–Kier alpha value is -1.16. The van der Waals surface area contributed by atoms with E-state index in [9.17, 15) is 4.79 Å². The van der Waals surface area contributed by atoms with Crippen molar-refractivity contribution in [1.29, 1.82) is 0 Å². The molecule has 1 heterocycles. The van der Waals surface area contributed by atoms with Gasteiger partial charge in [-0.3, -0.25) is 9.48 Å². The molecule has 0 fully saturated rings. The second-order valence-electron chi connectivity index (χ2n) is 5.30. The van der Waals surface area contributed by atoms with Gasteiger partial charge in [-0.1, -0.05) is 27.7 Å². The maximum Gasteiger partial charge on any atom is 0.167 e. The fourth-order valence-electron chi connectivity index (χ4n) is 2.39. The Labute approximate surface area is 116 Å². The molecule has 1 atom stereocenters. The zero-order valence-electron chi connectivity index (χ0n) is 12.7. The van der Waals surface area contributed by atoms with Crippen LogP contribution in [0, 0.1) is 5.92 Å². The van der Waals surface area contributed by atoms with Crippen molar-refractivity contribution in [3.8, 4) is 0 Å². The highest BCUT2D eigenvalue weighted by atomic mass is 16.5. The van der Waals surface area contributed by atoms with Crippen LogP contribution in [0.3, 0.4) is 0 Å². The van der Waals surface area contributed by atoms with Crippen LogP contribution in [0.1, 0.15) is 52.3 Å². The molecular weight excluding hydrogens is 240 g/mol. The van der Waals surface area contributed by atoms with Gasteiger partial charge in [0, 0.05) is 13.3 Å². The minimum atomic E-state index is -0.335. The third-order valence-electron chi connectivity index (χ3n) is 3.51. The predicted molar refractivity (Wildman–Crippen MR) is 76.2 cm³/mol. The minimum absolute atomic E-state index is 0.104. The second kappa shape index (κ2) is 7.43. The van der Waals surface area contributed by atoms with Gasteiger partial charge in [-0.25, -0.2) is 0 Å². The zero-order chi connectivity index (χ0) is 14.4. The van der Waals surface area contributed by atoms with E-state index in [1.54, 1.807) is 7.11 Å². The van der Waals surface area contributed by atoms with Crippen LogP contribution in [-0.2, 0) is 16.0 Å². The average Bonchev–Trinajstić information content (AvgIpc) is 2.79. The highest BCUT2D eigenvalue weighted by molar-refractivity contribution is 5.85. The molecule has 1 aromatic heterocycles. The molecule has 0 amide bonds. The van der Waals surface area contributed by atoms with Crippen LogP contribution in [0.25, 0.3) is 0 Å². The summed E-state index contributed by atoms with van der Waals surface area (Å²) in [7, 11) is 1.59. The molecule has 0 saturated heterocycles. The first-order valence-corrected chi connectivity index (χ1v) is 7.12. The topological polar surface area (TPSA) is 44.1 Å². The number of Topliss-reactive ketones (excluding diaryl/α,β-unsaturated/α-hetero) is 1. The molecule has 1 unspecified atom stereocenters. The van der Waals surface area contributed by atoms with Gasteiger partial charge in [0.15, 0.2) is 5.78 Å². The van der Waals surface area contributed by atoms with Crippen molar-refractivity contribution in [2.24, 2.45) is 5.92 Å². The van der Waals surface area contributed by atoms with E-state index in [1.807, 2.05) is 30.8 Å². The van der Waals surface area contributed by atoms with Crippen LogP contribution in [-0.4, -0.2) is 28.8 Å². The minimum Gasteiger partial charge on any atom is -0.373 e. The van der Waals surface area contributed by atoms with E-state index in [-0.39, 0.29) is 17.8 Å². The quantitative estimate of drug-likeness (QED) is 0.726. The van der Waals surface area contributed by atoms with Gasteiger partial charge in [0.05, 0.1) is 18.2 Å². The second-order valence-corrected chi connectivity index (χ2v) is 5.30. The summed E-state index contributed by atoms with van der Waals surface area (Å²) in [6.45, 7) is 8.30. The predicted octanol–water partition coefficient (Wildman–Crippen LogP) is 3.03. The molecule has 19 heavy (non-hydrogen) atoms. The molecule has 4 heteroatoms. The molecule has 0 aliphatic rings. The lowest BCUT2D eigenvalue weighted by atomic mass is 10.00. The maximum absolute atomic E-state index is 12.1. The van der Waals surface area contributed by atoms with E-state index < -0.39 is 0 Å². The van der Waals surface area contributed by atoms with Gasteiger partial charge in [-0.05, 0) is 24.8 Å². The monoisotopic (exact) mass is 266 g/mol. The van der Waals surface area contributed by atoms with Crippen molar-refractivity contribution >= 4 is 5.78 Å². The third kappa shape index (κ3) is 4.16. The van der Waals surface area contributed by atoms with Gasteiger partial charge < -0.3 is 4.74 Å².